The highest BCUT2D eigenvalue weighted by atomic mass is 16.2. The van der Waals surface area contributed by atoms with Crippen LogP contribution in [0.25, 0.3) is 0 Å². The first-order chi connectivity index (χ1) is 9.60. The molecule has 20 heavy (non-hydrogen) atoms. The number of hydrogen-bond acceptors (Lipinski definition) is 2. The van der Waals surface area contributed by atoms with Gasteiger partial charge in [-0.2, -0.15) is 0 Å². The molecular weight excluding hydrogens is 248 g/mol. The Morgan fingerprint density at radius 2 is 2.05 bits per heavy atom. The van der Waals surface area contributed by atoms with Crippen LogP contribution in [0.1, 0.15) is 38.3 Å². The topological polar surface area (TPSA) is 41.1 Å². The number of carbonyl (C=O) groups is 1. The molecule has 1 amide bonds. The van der Waals surface area contributed by atoms with E-state index in [4.69, 9.17) is 0 Å². The third-order valence-electron chi connectivity index (χ3n) is 4.68. The number of aryl methyl sites for hydroxylation is 1. The highest BCUT2D eigenvalue weighted by molar-refractivity contribution is 5.83. The predicted octanol–water partition coefficient (Wildman–Crippen LogP) is 2.50. The van der Waals surface area contributed by atoms with Gasteiger partial charge in [0.2, 0.25) is 5.91 Å². The number of carbonyl (C=O) groups excluding carboxylic acids is 1. The van der Waals surface area contributed by atoms with E-state index in [0.717, 1.165) is 25.9 Å². The molecule has 1 heterocycles. The molecule has 1 saturated heterocycles. The summed E-state index contributed by atoms with van der Waals surface area (Å²) in [7, 11) is 0. The monoisotopic (exact) mass is 274 g/mol. The highest BCUT2D eigenvalue weighted by Gasteiger charge is 2.43. The van der Waals surface area contributed by atoms with E-state index >= 15 is 0 Å². The Labute approximate surface area is 122 Å². The summed E-state index contributed by atoms with van der Waals surface area (Å²) in [5, 5.41) is 6.49. The average Bonchev–Trinajstić information content (AvgIpc) is 2.96. The maximum absolute atomic E-state index is 12.6. The fourth-order valence-electron chi connectivity index (χ4n) is 3.09. The summed E-state index contributed by atoms with van der Waals surface area (Å²) in [4.78, 5) is 12.6. The molecule has 0 saturated carbocycles. The van der Waals surface area contributed by atoms with Crippen molar-refractivity contribution in [3.05, 3.63) is 35.4 Å². The summed E-state index contributed by atoms with van der Waals surface area (Å²) in [6, 6.07) is 8.33. The summed E-state index contributed by atoms with van der Waals surface area (Å²) in [5.41, 5.74) is 2.31. The molecule has 2 N–H and O–H groups in total. The standard InChI is InChI=1S/C17H26N2O/c1-4-14-7-5-6-8-15(14)11-19-16(20)17(13(2)3)9-10-18-12-17/h5-8,13,18H,4,9-12H2,1-3H3,(H,19,20). The largest absolute Gasteiger partial charge is 0.351 e. The molecule has 3 nitrogen and oxygen atoms in total. The number of nitrogens with one attached hydrogen (secondary N) is 2. The lowest BCUT2D eigenvalue weighted by atomic mass is 9.75. The summed E-state index contributed by atoms with van der Waals surface area (Å²) in [6.45, 7) is 8.82. The number of hydrogen-bond donors (Lipinski definition) is 2. The van der Waals surface area contributed by atoms with Crippen molar-refractivity contribution in [1.82, 2.24) is 10.6 Å². The molecule has 0 aliphatic carbocycles. The molecule has 1 atom stereocenters. The van der Waals surface area contributed by atoms with E-state index in [0.29, 0.717) is 12.5 Å². The molecule has 1 aromatic rings. The Morgan fingerprint density at radius 3 is 2.60 bits per heavy atom. The lowest BCUT2D eigenvalue weighted by Gasteiger charge is -2.31. The molecule has 0 bridgehead atoms. The van der Waals surface area contributed by atoms with Crippen molar-refractivity contribution in [1.29, 1.82) is 0 Å². The quantitative estimate of drug-likeness (QED) is 0.866. The zero-order chi connectivity index (χ0) is 14.6. The van der Waals surface area contributed by atoms with Crippen molar-refractivity contribution < 1.29 is 4.79 Å². The Balaban J connectivity index is 2.04. The molecule has 0 radical (unpaired) electrons. The van der Waals surface area contributed by atoms with Gasteiger partial charge in [-0.25, -0.2) is 0 Å². The van der Waals surface area contributed by atoms with Gasteiger partial charge in [0.25, 0.3) is 0 Å². The summed E-state index contributed by atoms with van der Waals surface area (Å²) in [6.07, 6.45) is 1.94. The number of amides is 1. The summed E-state index contributed by atoms with van der Waals surface area (Å²) in [5.74, 6) is 0.558. The Kier molecular flexibility index (Phi) is 4.81. The first-order valence-corrected chi connectivity index (χ1v) is 7.66. The first kappa shape index (κ1) is 15.0. The van der Waals surface area contributed by atoms with Crippen LogP contribution in [-0.4, -0.2) is 19.0 Å². The molecule has 1 aliphatic rings. The van der Waals surface area contributed by atoms with Crippen molar-refractivity contribution in [2.75, 3.05) is 13.1 Å². The maximum Gasteiger partial charge on any atom is 0.228 e. The van der Waals surface area contributed by atoms with Gasteiger partial charge in [0.1, 0.15) is 0 Å². The minimum absolute atomic E-state index is 0.198. The van der Waals surface area contributed by atoms with E-state index < -0.39 is 0 Å². The second-order valence-electron chi connectivity index (χ2n) is 6.04. The average molecular weight is 274 g/mol. The van der Waals surface area contributed by atoms with E-state index in [9.17, 15) is 4.79 Å². The minimum Gasteiger partial charge on any atom is -0.351 e. The lowest BCUT2D eigenvalue weighted by Crippen LogP contribution is -2.45. The molecular formula is C17H26N2O. The van der Waals surface area contributed by atoms with Gasteiger partial charge in [0.15, 0.2) is 0 Å². The number of rotatable bonds is 5. The molecule has 1 unspecified atom stereocenters. The van der Waals surface area contributed by atoms with Crippen LogP contribution in [0.5, 0.6) is 0 Å². The SMILES string of the molecule is CCc1ccccc1CNC(=O)C1(C(C)C)CCNC1. The second-order valence-corrected chi connectivity index (χ2v) is 6.04. The van der Waals surface area contributed by atoms with Crippen LogP contribution in [0.4, 0.5) is 0 Å². The molecule has 2 rings (SSSR count). The lowest BCUT2D eigenvalue weighted by molar-refractivity contribution is -0.132. The number of benzene rings is 1. The van der Waals surface area contributed by atoms with Crippen LogP contribution in [0.2, 0.25) is 0 Å². The third kappa shape index (κ3) is 2.88. The summed E-state index contributed by atoms with van der Waals surface area (Å²) < 4.78 is 0. The van der Waals surface area contributed by atoms with E-state index in [2.05, 4.69) is 49.6 Å². The zero-order valence-electron chi connectivity index (χ0n) is 12.8. The fourth-order valence-corrected chi connectivity index (χ4v) is 3.09. The van der Waals surface area contributed by atoms with Crippen LogP contribution in [0.15, 0.2) is 24.3 Å². The predicted molar refractivity (Wildman–Crippen MR) is 82.4 cm³/mol. The van der Waals surface area contributed by atoms with E-state index in [1.807, 2.05) is 6.07 Å². The minimum atomic E-state index is -0.235. The van der Waals surface area contributed by atoms with Crippen LogP contribution < -0.4 is 10.6 Å². The normalized spacial score (nSPS) is 22.2. The maximum atomic E-state index is 12.6. The Bertz CT molecular complexity index is 462. The second kappa shape index (κ2) is 6.40. The van der Waals surface area contributed by atoms with Crippen molar-refractivity contribution in [2.45, 2.75) is 40.2 Å². The smallest absolute Gasteiger partial charge is 0.228 e. The fraction of sp³-hybridized carbons (Fsp3) is 0.588. The van der Waals surface area contributed by atoms with Crippen molar-refractivity contribution >= 4 is 5.91 Å². The van der Waals surface area contributed by atoms with Crippen molar-refractivity contribution in [2.24, 2.45) is 11.3 Å². The molecule has 1 fully saturated rings. The van der Waals surface area contributed by atoms with Gasteiger partial charge in [0, 0.05) is 13.1 Å². The van der Waals surface area contributed by atoms with E-state index in [1.54, 1.807) is 0 Å². The zero-order valence-corrected chi connectivity index (χ0v) is 12.8. The first-order valence-electron chi connectivity index (χ1n) is 7.66. The highest BCUT2D eigenvalue weighted by Crippen LogP contribution is 2.34. The van der Waals surface area contributed by atoms with Gasteiger partial charge in [0.05, 0.1) is 5.41 Å². The van der Waals surface area contributed by atoms with Crippen LogP contribution in [0, 0.1) is 11.3 Å². The van der Waals surface area contributed by atoms with Gasteiger partial charge < -0.3 is 10.6 Å². The van der Waals surface area contributed by atoms with E-state index in [1.165, 1.54) is 11.1 Å². The summed E-state index contributed by atoms with van der Waals surface area (Å²) >= 11 is 0. The molecule has 0 spiro atoms. The Hall–Kier alpha value is -1.35. The molecule has 0 aromatic heterocycles. The van der Waals surface area contributed by atoms with Crippen molar-refractivity contribution in [3.8, 4) is 0 Å². The van der Waals surface area contributed by atoms with Crippen LogP contribution in [0.3, 0.4) is 0 Å². The van der Waals surface area contributed by atoms with Crippen molar-refractivity contribution in [3.63, 3.8) is 0 Å². The molecule has 1 aliphatic heterocycles. The van der Waals surface area contributed by atoms with Gasteiger partial charge in [-0.3, -0.25) is 4.79 Å². The van der Waals surface area contributed by atoms with Crippen LogP contribution >= 0.6 is 0 Å². The van der Waals surface area contributed by atoms with E-state index in [-0.39, 0.29) is 11.3 Å². The molecule has 110 valence electrons. The van der Waals surface area contributed by atoms with Gasteiger partial charge in [-0.15, -0.1) is 0 Å². The Morgan fingerprint density at radius 1 is 1.35 bits per heavy atom. The van der Waals surface area contributed by atoms with Gasteiger partial charge in [-0.05, 0) is 36.4 Å². The molecule has 1 aromatic carbocycles. The third-order valence-corrected chi connectivity index (χ3v) is 4.68. The molecule has 3 heteroatoms. The van der Waals surface area contributed by atoms with Gasteiger partial charge >= 0.3 is 0 Å². The van der Waals surface area contributed by atoms with Gasteiger partial charge in [-0.1, -0.05) is 45.0 Å². The van der Waals surface area contributed by atoms with Crippen LogP contribution in [-0.2, 0) is 17.8 Å².